The molecule has 0 saturated heterocycles. The number of hydrogen-bond acceptors (Lipinski definition) is 2. The summed E-state index contributed by atoms with van der Waals surface area (Å²) in [5, 5.41) is 11.0. The molecule has 0 aliphatic rings. The second-order valence-electron chi connectivity index (χ2n) is 5.38. The van der Waals surface area contributed by atoms with E-state index in [9.17, 15) is 9.59 Å². The maximum absolute atomic E-state index is 12.5. The van der Waals surface area contributed by atoms with Gasteiger partial charge in [-0.05, 0) is 18.2 Å². The van der Waals surface area contributed by atoms with Crippen LogP contribution in [0.4, 0.5) is 0 Å². The number of fused-ring (bicyclic) bond motifs is 3. The average Bonchev–Trinajstić information content (AvgIpc) is 2.79. The molecule has 0 radical (unpaired) electrons. The number of carbonyl (C=O) groups excluding carboxylic acids is 1. The lowest BCUT2D eigenvalue weighted by Crippen LogP contribution is -2.16. The van der Waals surface area contributed by atoms with Gasteiger partial charge in [0.25, 0.3) is 0 Å². The van der Waals surface area contributed by atoms with Gasteiger partial charge in [-0.1, -0.05) is 38.1 Å². The number of aromatic nitrogens is 1. The number of aromatic carboxylic acids is 1. The number of nitrogens with zero attached hydrogens (tertiary/aromatic N) is 1. The SMILES string of the molecule is CC(C)C(=O)n1c2ccccc2c2ccc(C(=O)O)cc21. The number of carboxylic acid groups (broad SMARTS) is 1. The van der Waals surface area contributed by atoms with E-state index >= 15 is 0 Å². The lowest BCUT2D eigenvalue weighted by molar-refractivity contribution is 0.0696. The minimum Gasteiger partial charge on any atom is -0.478 e. The summed E-state index contributed by atoms with van der Waals surface area (Å²) in [5.41, 5.74) is 1.65. The normalized spacial score (nSPS) is 11.4. The first-order valence-electron chi connectivity index (χ1n) is 6.81. The van der Waals surface area contributed by atoms with Crippen LogP contribution in [0, 0.1) is 5.92 Å². The minimum atomic E-state index is -0.995. The van der Waals surface area contributed by atoms with Gasteiger partial charge in [0.2, 0.25) is 5.91 Å². The molecule has 3 rings (SSSR count). The fourth-order valence-electron chi connectivity index (χ4n) is 2.60. The van der Waals surface area contributed by atoms with Crippen LogP contribution in [0.2, 0.25) is 0 Å². The molecular formula is C17H15NO3. The Morgan fingerprint density at radius 2 is 1.67 bits per heavy atom. The minimum absolute atomic E-state index is 0.0382. The second-order valence-corrected chi connectivity index (χ2v) is 5.38. The molecule has 0 bridgehead atoms. The quantitative estimate of drug-likeness (QED) is 0.777. The molecule has 0 atom stereocenters. The molecule has 106 valence electrons. The van der Waals surface area contributed by atoms with Crippen LogP contribution in [-0.4, -0.2) is 21.6 Å². The zero-order valence-electron chi connectivity index (χ0n) is 11.8. The van der Waals surface area contributed by atoms with Crippen molar-refractivity contribution in [3.05, 3.63) is 48.0 Å². The summed E-state index contributed by atoms with van der Waals surface area (Å²) in [6.45, 7) is 3.67. The first-order chi connectivity index (χ1) is 10.0. The van der Waals surface area contributed by atoms with Gasteiger partial charge in [-0.2, -0.15) is 0 Å². The molecule has 0 saturated carbocycles. The zero-order chi connectivity index (χ0) is 15.1. The Labute approximate surface area is 121 Å². The molecule has 0 spiro atoms. The van der Waals surface area contributed by atoms with E-state index in [1.165, 1.54) is 0 Å². The molecule has 4 heteroatoms. The molecule has 1 heterocycles. The predicted molar refractivity (Wildman–Crippen MR) is 81.9 cm³/mol. The lowest BCUT2D eigenvalue weighted by Gasteiger charge is -2.09. The summed E-state index contributed by atoms with van der Waals surface area (Å²) in [6, 6.07) is 12.5. The van der Waals surface area contributed by atoms with Crippen molar-refractivity contribution in [1.82, 2.24) is 4.57 Å². The van der Waals surface area contributed by atoms with Gasteiger partial charge in [-0.15, -0.1) is 0 Å². The van der Waals surface area contributed by atoms with Gasteiger partial charge < -0.3 is 5.11 Å². The van der Waals surface area contributed by atoms with Crippen LogP contribution < -0.4 is 0 Å². The third-order valence-corrected chi connectivity index (χ3v) is 3.63. The number of carbonyl (C=O) groups is 2. The van der Waals surface area contributed by atoms with Crippen molar-refractivity contribution in [2.45, 2.75) is 13.8 Å². The van der Waals surface area contributed by atoms with Crippen LogP contribution in [0.5, 0.6) is 0 Å². The van der Waals surface area contributed by atoms with Crippen molar-refractivity contribution in [1.29, 1.82) is 0 Å². The molecule has 3 aromatic rings. The van der Waals surface area contributed by atoms with E-state index in [1.807, 2.05) is 38.1 Å². The van der Waals surface area contributed by atoms with Crippen LogP contribution in [0.1, 0.15) is 29.0 Å². The van der Waals surface area contributed by atoms with Crippen LogP contribution in [-0.2, 0) is 0 Å². The fraction of sp³-hybridized carbons (Fsp3) is 0.176. The number of hydrogen-bond donors (Lipinski definition) is 1. The van der Waals surface area contributed by atoms with Gasteiger partial charge in [0, 0.05) is 16.7 Å². The van der Waals surface area contributed by atoms with Crippen LogP contribution >= 0.6 is 0 Å². The van der Waals surface area contributed by atoms with E-state index in [0.717, 1.165) is 16.3 Å². The number of rotatable bonds is 2. The van der Waals surface area contributed by atoms with E-state index in [4.69, 9.17) is 5.11 Å². The van der Waals surface area contributed by atoms with Gasteiger partial charge in [0.15, 0.2) is 0 Å². The highest BCUT2D eigenvalue weighted by Gasteiger charge is 2.19. The third kappa shape index (κ3) is 2.00. The Balaban J connectivity index is 2.46. The Bertz CT molecular complexity index is 874. The molecule has 0 fully saturated rings. The van der Waals surface area contributed by atoms with E-state index in [0.29, 0.717) is 5.52 Å². The molecule has 0 amide bonds. The number of benzene rings is 2. The van der Waals surface area contributed by atoms with Crippen LogP contribution in [0.15, 0.2) is 42.5 Å². The smallest absolute Gasteiger partial charge is 0.335 e. The van der Waals surface area contributed by atoms with Crippen molar-refractivity contribution in [2.75, 3.05) is 0 Å². The molecule has 1 aromatic heterocycles. The van der Waals surface area contributed by atoms with Crippen LogP contribution in [0.25, 0.3) is 21.8 Å². The summed E-state index contributed by atoms with van der Waals surface area (Å²) < 4.78 is 1.63. The highest BCUT2D eigenvalue weighted by Crippen LogP contribution is 2.30. The topological polar surface area (TPSA) is 59.3 Å². The van der Waals surface area contributed by atoms with E-state index < -0.39 is 5.97 Å². The van der Waals surface area contributed by atoms with Crippen molar-refractivity contribution < 1.29 is 14.7 Å². The van der Waals surface area contributed by atoms with Crippen molar-refractivity contribution in [2.24, 2.45) is 5.92 Å². The Kier molecular flexibility index (Phi) is 3.01. The summed E-state index contributed by atoms with van der Waals surface area (Å²) in [7, 11) is 0. The molecular weight excluding hydrogens is 266 g/mol. The van der Waals surface area contributed by atoms with Gasteiger partial charge in [-0.25, -0.2) is 4.79 Å². The standard InChI is InChI=1S/C17H15NO3/c1-10(2)16(19)18-14-6-4-3-5-12(14)13-8-7-11(17(20)21)9-15(13)18/h3-10H,1-2H3,(H,20,21). The van der Waals surface area contributed by atoms with E-state index in [2.05, 4.69) is 0 Å². The fourth-order valence-corrected chi connectivity index (χ4v) is 2.60. The monoisotopic (exact) mass is 281 g/mol. The average molecular weight is 281 g/mol. The Morgan fingerprint density at radius 3 is 2.33 bits per heavy atom. The molecule has 0 aliphatic carbocycles. The van der Waals surface area contributed by atoms with E-state index in [-0.39, 0.29) is 17.4 Å². The Morgan fingerprint density at radius 1 is 1.00 bits per heavy atom. The summed E-state index contributed by atoms with van der Waals surface area (Å²) >= 11 is 0. The molecule has 2 aromatic carbocycles. The second kappa shape index (κ2) is 4.74. The molecule has 0 aliphatic heterocycles. The first-order valence-corrected chi connectivity index (χ1v) is 6.81. The van der Waals surface area contributed by atoms with Crippen molar-refractivity contribution in [3.8, 4) is 0 Å². The van der Waals surface area contributed by atoms with Crippen molar-refractivity contribution in [3.63, 3.8) is 0 Å². The zero-order valence-corrected chi connectivity index (χ0v) is 11.8. The first kappa shape index (κ1) is 13.4. The highest BCUT2D eigenvalue weighted by atomic mass is 16.4. The summed E-state index contributed by atoms with van der Waals surface area (Å²) in [5.74, 6) is -1.20. The molecule has 21 heavy (non-hydrogen) atoms. The molecule has 4 nitrogen and oxygen atoms in total. The summed E-state index contributed by atoms with van der Waals surface area (Å²) in [4.78, 5) is 23.7. The van der Waals surface area contributed by atoms with Gasteiger partial charge >= 0.3 is 5.97 Å². The number of para-hydroxylation sites is 1. The Hall–Kier alpha value is -2.62. The molecule has 1 N–H and O–H groups in total. The predicted octanol–water partition coefficient (Wildman–Crippen LogP) is 3.79. The highest BCUT2D eigenvalue weighted by molar-refractivity contribution is 6.14. The number of carboxylic acids is 1. The summed E-state index contributed by atoms with van der Waals surface area (Å²) in [6.07, 6.45) is 0. The van der Waals surface area contributed by atoms with Crippen molar-refractivity contribution >= 4 is 33.7 Å². The maximum atomic E-state index is 12.5. The maximum Gasteiger partial charge on any atom is 0.335 e. The molecule has 0 unspecified atom stereocenters. The largest absolute Gasteiger partial charge is 0.478 e. The van der Waals surface area contributed by atoms with Gasteiger partial charge in [-0.3, -0.25) is 9.36 Å². The third-order valence-electron chi connectivity index (χ3n) is 3.63. The lowest BCUT2D eigenvalue weighted by atomic mass is 10.1. The van der Waals surface area contributed by atoms with Crippen LogP contribution in [0.3, 0.4) is 0 Å². The van der Waals surface area contributed by atoms with Gasteiger partial charge in [0.05, 0.1) is 16.6 Å². The van der Waals surface area contributed by atoms with E-state index in [1.54, 1.807) is 22.8 Å². The van der Waals surface area contributed by atoms with Gasteiger partial charge in [0.1, 0.15) is 0 Å².